The molecule has 2 aromatic rings. The van der Waals surface area contributed by atoms with E-state index < -0.39 is 21.9 Å². The molecule has 1 amide bonds. The van der Waals surface area contributed by atoms with Crippen molar-refractivity contribution in [1.29, 1.82) is 0 Å². The highest BCUT2D eigenvalue weighted by molar-refractivity contribution is 9.10. The van der Waals surface area contributed by atoms with E-state index in [-0.39, 0.29) is 17.5 Å². The summed E-state index contributed by atoms with van der Waals surface area (Å²) in [4.78, 5) is 27.1. The molecule has 0 bridgehead atoms. The Labute approximate surface area is 173 Å². The van der Waals surface area contributed by atoms with Gasteiger partial charge in [0.05, 0.1) is 0 Å². The van der Waals surface area contributed by atoms with Crippen LogP contribution in [0, 0.1) is 10.1 Å². The molecule has 3 aliphatic rings. The largest absolute Gasteiger partial charge is 0.485 e. The van der Waals surface area contributed by atoms with Crippen LogP contribution in [0.5, 0.6) is 5.75 Å². The minimum atomic E-state index is -1.73. The number of nitrogens with zero attached hydrogens (tertiary/aromatic N) is 2. The second-order valence-corrected chi connectivity index (χ2v) is 8.55. The number of anilines is 1. The van der Waals surface area contributed by atoms with E-state index >= 15 is 0 Å². The van der Waals surface area contributed by atoms with E-state index in [1.807, 2.05) is 30.3 Å². The number of rotatable bonds is 1. The second kappa shape index (κ2) is 5.51. The summed E-state index contributed by atoms with van der Waals surface area (Å²) < 4.78 is 6.51. The summed E-state index contributed by atoms with van der Waals surface area (Å²) in [6.07, 6.45) is 0. The summed E-state index contributed by atoms with van der Waals surface area (Å²) in [5, 5.41) is 15.5. The Kier molecular flexibility index (Phi) is 3.46. The molecule has 0 radical (unpaired) electrons. The summed E-state index contributed by atoms with van der Waals surface area (Å²) in [6, 6.07) is 12.7. The lowest BCUT2D eigenvalue weighted by atomic mass is 9.68. The van der Waals surface area contributed by atoms with Crippen LogP contribution in [-0.4, -0.2) is 35.0 Å². The van der Waals surface area contributed by atoms with Crippen LogP contribution in [0.4, 0.5) is 5.69 Å². The van der Waals surface area contributed by atoms with Crippen LogP contribution in [-0.2, 0) is 10.3 Å². The fourth-order valence-electron chi connectivity index (χ4n) is 4.78. The lowest BCUT2D eigenvalue weighted by Crippen LogP contribution is -2.57. The van der Waals surface area contributed by atoms with Crippen molar-refractivity contribution in [3.8, 4) is 5.75 Å². The van der Waals surface area contributed by atoms with E-state index in [1.165, 1.54) is 4.90 Å². The maximum absolute atomic E-state index is 13.6. The van der Waals surface area contributed by atoms with E-state index in [2.05, 4.69) is 21.2 Å². The van der Waals surface area contributed by atoms with Gasteiger partial charge < -0.3 is 15.0 Å². The van der Waals surface area contributed by atoms with Gasteiger partial charge in [0.1, 0.15) is 11.7 Å². The van der Waals surface area contributed by atoms with Gasteiger partial charge >= 0.3 is 5.54 Å². The smallest absolute Gasteiger partial charge is 0.314 e. The lowest BCUT2D eigenvalue weighted by molar-refractivity contribution is -0.554. The summed E-state index contributed by atoms with van der Waals surface area (Å²) in [6.45, 7) is -0.230. The highest BCUT2D eigenvalue weighted by atomic mass is 79.9. The fraction of sp³-hybridized carbons (Fsp3) is 0.263. The number of para-hydroxylation sites is 1. The van der Waals surface area contributed by atoms with E-state index in [0.717, 1.165) is 4.47 Å². The monoisotopic (exact) mass is 459 g/mol. The van der Waals surface area contributed by atoms with Gasteiger partial charge in [0.25, 0.3) is 5.91 Å². The minimum Gasteiger partial charge on any atom is -0.485 e. The predicted molar refractivity (Wildman–Crippen MR) is 109 cm³/mol. The van der Waals surface area contributed by atoms with Gasteiger partial charge in [-0.05, 0) is 24.3 Å². The van der Waals surface area contributed by atoms with Gasteiger partial charge in [-0.3, -0.25) is 14.9 Å². The molecule has 142 valence electrons. The quantitative estimate of drug-likeness (QED) is 0.400. The van der Waals surface area contributed by atoms with Crippen molar-refractivity contribution in [3.63, 3.8) is 0 Å². The third-order valence-corrected chi connectivity index (χ3v) is 6.95. The number of nitrogens with one attached hydrogen (secondary N) is 1. The molecule has 0 saturated carbocycles. The molecule has 1 saturated heterocycles. The van der Waals surface area contributed by atoms with Crippen LogP contribution < -0.4 is 15.0 Å². The van der Waals surface area contributed by atoms with Crippen LogP contribution in [0.25, 0.3) is 0 Å². The van der Waals surface area contributed by atoms with Gasteiger partial charge in [-0.15, -0.1) is 0 Å². The fourth-order valence-corrected chi connectivity index (χ4v) is 5.57. The molecule has 1 spiro atoms. The summed E-state index contributed by atoms with van der Waals surface area (Å²) in [5.41, 5.74) is -1.09. The van der Waals surface area contributed by atoms with Crippen LogP contribution >= 0.6 is 28.1 Å². The summed E-state index contributed by atoms with van der Waals surface area (Å²) in [7, 11) is 1.67. The van der Waals surface area contributed by atoms with Gasteiger partial charge in [-0.25, -0.2) is 0 Å². The Morgan fingerprint density at radius 1 is 1.36 bits per heavy atom. The Balaban J connectivity index is 1.88. The SMILES string of the molecule is CN1C(=O)[C@]2(NC(=S)[C@@]3([N+](=O)[O-])COc4ccc(Br)cc4[C@H]32)c2ccccc21. The zero-order valence-electron chi connectivity index (χ0n) is 14.6. The van der Waals surface area contributed by atoms with E-state index in [9.17, 15) is 14.9 Å². The third kappa shape index (κ3) is 1.83. The number of hydrogen-bond acceptors (Lipinski definition) is 5. The topological polar surface area (TPSA) is 84.7 Å². The molecule has 0 unspecified atom stereocenters. The Morgan fingerprint density at radius 3 is 2.86 bits per heavy atom. The molecule has 9 heteroatoms. The van der Waals surface area contributed by atoms with E-state index in [4.69, 9.17) is 17.0 Å². The van der Waals surface area contributed by atoms with Crippen LogP contribution in [0.2, 0.25) is 0 Å². The number of hydrogen-bond donors (Lipinski definition) is 1. The molecule has 2 aromatic carbocycles. The maximum atomic E-state index is 13.6. The second-order valence-electron chi connectivity index (χ2n) is 7.23. The number of halogens is 1. The van der Waals surface area contributed by atoms with Crippen molar-refractivity contribution >= 4 is 44.7 Å². The molecule has 1 fully saturated rings. The lowest BCUT2D eigenvalue weighted by Gasteiger charge is -2.37. The number of carbonyl (C=O) groups is 1. The first kappa shape index (κ1) is 17.6. The van der Waals surface area contributed by atoms with Crippen molar-refractivity contribution in [2.45, 2.75) is 17.0 Å². The van der Waals surface area contributed by atoms with Gasteiger partial charge in [0.2, 0.25) is 0 Å². The highest BCUT2D eigenvalue weighted by Gasteiger charge is 2.76. The summed E-state index contributed by atoms with van der Waals surface area (Å²) in [5.74, 6) is -0.587. The molecule has 0 aromatic heterocycles. The Morgan fingerprint density at radius 2 is 2.11 bits per heavy atom. The molecule has 0 aliphatic carbocycles. The van der Waals surface area contributed by atoms with E-state index in [1.54, 1.807) is 19.2 Å². The Bertz CT molecular complexity index is 1090. The zero-order valence-corrected chi connectivity index (χ0v) is 17.0. The van der Waals surface area contributed by atoms with Gasteiger partial charge in [0, 0.05) is 33.3 Å². The maximum Gasteiger partial charge on any atom is 0.314 e. The van der Waals surface area contributed by atoms with Gasteiger partial charge in [-0.2, -0.15) is 0 Å². The minimum absolute atomic E-state index is 0.0200. The Hall–Kier alpha value is -2.52. The molecule has 3 heterocycles. The first-order valence-electron chi connectivity index (χ1n) is 8.61. The average Bonchev–Trinajstić information content (AvgIpc) is 3.08. The molecule has 28 heavy (non-hydrogen) atoms. The highest BCUT2D eigenvalue weighted by Crippen LogP contribution is 2.59. The van der Waals surface area contributed by atoms with Crippen LogP contribution in [0.1, 0.15) is 17.0 Å². The van der Waals surface area contributed by atoms with Gasteiger partial charge in [-0.1, -0.05) is 46.3 Å². The number of fused-ring (bicyclic) bond motifs is 6. The van der Waals surface area contributed by atoms with Crippen molar-refractivity contribution < 1.29 is 14.5 Å². The number of thiocarbonyl (C=S) groups is 1. The summed E-state index contributed by atoms with van der Waals surface area (Å²) >= 11 is 8.92. The van der Waals surface area contributed by atoms with Crippen LogP contribution in [0.15, 0.2) is 46.9 Å². The van der Waals surface area contributed by atoms with E-state index in [0.29, 0.717) is 22.6 Å². The number of nitro groups is 1. The predicted octanol–water partition coefficient (Wildman–Crippen LogP) is 2.74. The normalized spacial score (nSPS) is 29.8. The van der Waals surface area contributed by atoms with Gasteiger partial charge in [0.15, 0.2) is 17.1 Å². The van der Waals surface area contributed by atoms with Crippen molar-refractivity contribution in [3.05, 3.63) is 68.2 Å². The average molecular weight is 460 g/mol. The molecule has 7 nitrogen and oxygen atoms in total. The number of carbonyl (C=O) groups excluding carboxylic acids is 1. The van der Waals surface area contributed by atoms with Crippen LogP contribution in [0.3, 0.4) is 0 Å². The first-order valence-corrected chi connectivity index (χ1v) is 9.81. The molecule has 5 rings (SSSR count). The van der Waals surface area contributed by atoms with Crippen molar-refractivity contribution in [1.82, 2.24) is 5.32 Å². The van der Waals surface area contributed by atoms with Crippen molar-refractivity contribution in [2.75, 3.05) is 18.6 Å². The van der Waals surface area contributed by atoms with Crippen molar-refractivity contribution in [2.24, 2.45) is 0 Å². The molecule has 3 aliphatic heterocycles. The zero-order chi connectivity index (χ0) is 19.8. The number of amides is 1. The number of benzene rings is 2. The molecular formula is C19H14BrN3O4S. The number of ether oxygens (including phenoxy) is 1. The molecular weight excluding hydrogens is 446 g/mol. The standard InChI is InChI=1S/C19H14BrN3O4S/c1-22-13-5-3-2-4-12(13)19(17(22)24)15-11-8-10(20)6-7-14(11)27-9-18(15,23(25)26)16(28)21-19/h2-8,15H,9H2,1H3,(H,21,28)/t15-,18-,19+/m1/s1. The number of likely N-dealkylation sites (N-methyl/N-ethyl adjacent to an activating group) is 1. The molecule has 3 atom stereocenters. The molecule has 1 N–H and O–H groups in total. The first-order chi connectivity index (χ1) is 13.3. The third-order valence-electron chi connectivity index (χ3n) is 6.00.